The van der Waals surface area contributed by atoms with Crippen LogP contribution in [0.4, 0.5) is 0 Å². The molecule has 0 aliphatic carbocycles. The number of pyridine rings is 2. The van der Waals surface area contributed by atoms with Gasteiger partial charge in [0.05, 0.1) is 5.69 Å². The third-order valence-corrected chi connectivity index (χ3v) is 8.94. The summed E-state index contributed by atoms with van der Waals surface area (Å²) in [6, 6.07) is 16.1. The SMILES string of the molecule is C/C=C(/c1ccc(Cl)c(P)c1)c1ccc(C(=O)N(CCC)C(C)(C)CC)nc1C(C)(CC)Cc1ccccn1. The fraction of sp³-hybridized carbons (Fsp3) is 0.424. The van der Waals surface area contributed by atoms with Crippen molar-refractivity contribution in [1.82, 2.24) is 14.9 Å². The van der Waals surface area contributed by atoms with Crippen molar-refractivity contribution in [3.05, 3.63) is 94.0 Å². The highest BCUT2D eigenvalue weighted by Gasteiger charge is 2.34. The molecule has 1 aromatic carbocycles. The summed E-state index contributed by atoms with van der Waals surface area (Å²) in [6.45, 7) is 15.7. The van der Waals surface area contributed by atoms with Crippen LogP contribution in [0.1, 0.15) is 101 Å². The number of hydrogen-bond acceptors (Lipinski definition) is 3. The first-order valence-corrected chi connectivity index (χ1v) is 14.9. The Morgan fingerprint density at radius 2 is 1.79 bits per heavy atom. The number of hydrogen-bond donors (Lipinski definition) is 0. The van der Waals surface area contributed by atoms with Gasteiger partial charge in [0.15, 0.2) is 0 Å². The molecule has 0 spiro atoms. The highest BCUT2D eigenvalue weighted by molar-refractivity contribution is 7.28. The van der Waals surface area contributed by atoms with E-state index in [0.717, 1.165) is 52.7 Å². The summed E-state index contributed by atoms with van der Waals surface area (Å²) in [5.74, 6) is -0.0199. The molecule has 0 bridgehead atoms. The van der Waals surface area contributed by atoms with E-state index in [1.54, 1.807) is 0 Å². The molecule has 0 aliphatic rings. The lowest BCUT2D eigenvalue weighted by Crippen LogP contribution is -2.48. The van der Waals surface area contributed by atoms with Crippen molar-refractivity contribution in [2.75, 3.05) is 6.54 Å². The molecule has 1 amide bonds. The second-order valence-corrected chi connectivity index (χ2v) is 12.1. The molecule has 0 aliphatic heterocycles. The van der Waals surface area contributed by atoms with Crippen molar-refractivity contribution in [3.8, 4) is 0 Å². The topological polar surface area (TPSA) is 46.1 Å². The Hall–Kier alpha value is -2.55. The van der Waals surface area contributed by atoms with Gasteiger partial charge in [-0.1, -0.05) is 63.6 Å². The number of carbonyl (C=O) groups is 1. The van der Waals surface area contributed by atoms with Crippen LogP contribution in [0.3, 0.4) is 0 Å². The zero-order valence-electron chi connectivity index (χ0n) is 24.5. The molecule has 2 aromatic heterocycles. The van der Waals surface area contributed by atoms with Gasteiger partial charge < -0.3 is 4.90 Å². The van der Waals surface area contributed by atoms with Crippen LogP contribution in [0.2, 0.25) is 5.02 Å². The van der Waals surface area contributed by atoms with E-state index in [-0.39, 0.29) is 16.9 Å². The molecule has 0 radical (unpaired) electrons. The van der Waals surface area contributed by atoms with Crippen LogP contribution in [0.15, 0.2) is 60.8 Å². The molecular formula is C33H43ClN3OP. The molecule has 0 saturated carbocycles. The number of nitrogens with zero attached hydrogens (tertiary/aromatic N) is 3. The van der Waals surface area contributed by atoms with Crippen molar-refractivity contribution >= 4 is 37.6 Å². The van der Waals surface area contributed by atoms with E-state index in [0.29, 0.717) is 23.7 Å². The van der Waals surface area contributed by atoms with Crippen LogP contribution in [0, 0.1) is 0 Å². The first-order chi connectivity index (χ1) is 18.5. The van der Waals surface area contributed by atoms with E-state index < -0.39 is 0 Å². The number of allylic oxidation sites excluding steroid dienone is 1. The normalized spacial score (nSPS) is 13.7. The summed E-state index contributed by atoms with van der Waals surface area (Å²) in [4.78, 5) is 25.8. The van der Waals surface area contributed by atoms with Crippen molar-refractivity contribution in [1.29, 1.82) is 0 Å². The zero-order valence-corrected chi connectivity index (χ0v) is 26.4. The van der Waals surface area contributed by atoms with Crippen molar-refractivity contribution in [3.63, 3.8) is 0 Å². The van der Waals surface area contributed by atoms with Gasteiger partial charge in [0.2, 0.25) is 0 Å². The molecule has 0 fully saturated rings. The van der Waals surface area contributed by atoms with E-state index >= 15 is 0 Å². The maximum absolute atomic E-state index is 14.0. The van der Waals surface area contributed by atoms with Gasteiger partial charge in [0.1, 0.15) is 5.69 Å². The second kappa shape index (κ2) is 13.2. The quantitative estimate of drug-likeness (QED) is 0.222. The highest BCUT2D eigenvalue weighted by Crippen LogP contribution is 2.38. The average molecular weight is 564 g/mol. The monoisotopic (exact) mass is 563 g/mol. The van der Waals surface area contributed by atoms with Crippen LogP contribution in [0.25, 0.3) is 5.57 Å². The Labute approximate surface area is 242 Å². The van der Waals surface area contributed by atoms with Crippen LogP contribution >= 0.6 is 20.8 Å². The lowest BCUT2D eigenvalue weighted by molar-refractivity contribution is 0.0532. The minimum absolute atomic E-state index is 0.0199. The van der Waals surface area contributed by atoms with Crippen LogP contribution in [0.5, 0.6) is 0 Å². The zero-order chi connectivity index (χ0) is 28.8. The van der Waals surface area contributed by atoms with Crippen molar-refractivity contribution < 1.29 is 4.79 Å². The van der Waals surface area contributed by atoms with Gasteiger partial charge in [-0.3, -0.25) is 9.78 Å². The Morgan fingerprint density at radius 3 is 2.36 bits per heavy atom. The van der Waals surface area contributed by atoms with Crippen molar-refractivity contribution in [2.45, 2.75) is 85.1 Å². The number of halogens is 1. The fourth-order valence-corrected chi connectivity index (χ4v) is 5.35. The lowest BCUT2D eigenvalue weighted by Gasteiger charge is -2.38. The molecular weight excluding hydrogens is 521 g/mol. The Kier molecular flexibility index (Phi) is 10.5. The fourth-order valence-electron chi connectivity index (χ4n) is 4.96. The van der Waals surface area contributed by atoms with E-state index in [1.807, 2.05) is 48.4 Å². The van der Waals surface area contributed by atoms with Crippen molar-refractivity contribution in [2.24, 2.45) is 0 Å². The maximum atomic E-state index is 14.0. The van der Waals surface area contributed by atoms with E-state index in [2.05, 4.69) is 80.0 Å². The maximum Gasteiger partial charge on any atom is 0.272 e. The number of rotatable bonds is 11. The first kappa shape index (κ1) is 31.0. The smallest absolute Gasteiger partial charge is 0.272 e. The van der Waals surface area contributed by atoms with Crippen LogP contribution < -0.4 is 5.30 Å². The average Bonchev–Trinajstić information content (AvgIpc) is 2.94. The van der Waals surface area contributed by atoms with Crippen LogP contribution in [-0.2, 0) is 11.8 Å². The number of carbonyl (C=O) groups excluding carboxylic acids is 1. The first-order valence-electron chi connectivity index (χ1n) is 14.0. The molecule has 2 heterocycles. The van der Waals surface area contributed by atoms with E-state index in [4.69, 9.17) is 16.6 Å². The molecule has 39 heavy (non-hydrogen) atoms. The number of benzene rings is 1. The van der Waals surface area contributed by atoms with E-state index in [9.17, 15) is 4.79 Å². The number of amides is 1. The van der Waals surface area contributed by atoms with E-state index in [1.165, 1.54) is 0 Å². The molecule has 2 unspecified atom stereocenters. The molecule has 208 valence electrons. The summed E-state index contributed by atoms with van der Waals surface area (Å²) in [7, 11) is 2.72. The predicted octanol–water partition coefficient (Wildman–Crippen LogP) is 8.03. The highest BCUT2D eigenvalue weighted by atomic mass is 35.5. The predicted molar refractivity (Wildman–Crippen MR) is 169 cm³/mol. The Bertz CT molecular complexity index is 1320. The van der Waals surface area contributed by atoms with Gasteiger partial charge >= 0.3 is 0 Å². The van der Waals surface area contributed by atoms with Gasteiger partial charge in [0, 0.05) is 46.4 Å². The van der Waals surface area contributed by atoms with Gasteiger partial charge in [0.25, 0.3) is 5.91 Å². The minimum atomic E-state index is -0.347. The summed E-state index contributed by atoms with van der Waals surface area (Å²) < 4.78 is 0. The van der Waals surface area contributed by atoms with Gasteiger partial charge in [-0.15, -0.1) is 9.24 Å². The summed E-state index contributed by atoms with van der Waals surface area (Å²) >= 11 is 6.35. The third-order valence-electron chi connectivity index (χ3n) is 7.94. The Balaban J connectivity index is 2.24. The Morgan fingerprint density at radius 1 is 1.05 bits per heavy atom. The van der Waals surface area contributed by atoms with Gasteiger partial charge in [-0.05, 0) is 86.8 Å². The summed E-state index contributed by atoms with van der Waals surface area (Å²) in [6.07, 6.45) is 7.27. The molecule has 4 nitrogen and oxygen atoms in total. The van der Waals surface area contributed by atoms with Gasteiger partial charge in [-0.2, -0.15) is 0 Å². The lowest BCUT2D eigenvalue weighted by atomic mass is 9.75. The number of aromatic nitrogens is 2. The van der Waals surface area contributed by atoms with Gasteiger partial charge in [-0.25, -0.2) is 4.98 Å². The molecule has 3 rings (SSSR count). The molecule has 6 heteroatoms. The summed E-state index contributed by atoms with van der Waals surface area (Å²) in [5.41, 5.74) is 4.96. The molecule has 0 saturated heterocycles. The second-order valence-electron chi connectivity index (χ2n) is 11.1. The largest absolute Gasteiger partial charge is 0.332 e. The van der Waals surface area contributed by atoms with Crippen LogP contribution in [-0.4, -0.2) is 32.9 Å². The molecule has 3 aromatic rings. The standard InChI is InChI=1S/C33H43ClN3OP/c1-8-20-37(32(5,6)10-3)31(38)28-18-16-26(25(9-2)23-15-17-27(34)29(39)21-23)30(36-28)33(7,11-4)22-24-14-12-13-19-35-24/h9,12-19,21H,8,10-11,20,22,39H2,1-7H3/b25-9-. The third kappa shape index (κ3) is 6.97. The molecule has 0 N–H and O–H groups in total. The minimum Gasteiger partial charge on any atom is -0.332 e. The molecule has 2 atom stereocenters. The summed E-state index contributed by atoms with van der Waals surface area (Å²) in [5, 5.41) is 1.65.